The maximum atomic E-state index is 12.7. The van der Waals surface area contributed by atoms with Crippen molar-refractivity contribution in [3.8, 4) is 0 Å². The Hall–Kier alpha value is -4.41. The molecule has 3 rings (SSSR count). The predicted octanol–water partition coefficient (Wildman–Crippen LogP) is 2.45. The number of alkyl carbamates (subject to hydrolysis) is 1. The Morgan fingerprint density at radius 3 is 2.47 bits per heavy atom. The van der Waals surface area contributed by atoms with Crippen LogP contribution in [0, 0.1) is 0 Å². The SMILES string of the molecule is CCOC(=O)C(Cc1ccc(NC(=O)c2cccc(NC3=NCC(=O)N3)c2)cc1)NC(=O)OC(C)C. The van der Waals surface area contributed by atoms with Crippen molar-refractivity contribution in [2.24, 2.45) is 4.99 Å². The molecular formula is C25H29N5O6. The van der Waals surface area contributed by atoms with E-state index in [0.29, 0.717) is 22.9 Å². The molecule has 2 aromatic rings. The molecule has 4 N–H and O–H groups in total. The first kappa shape index (κ1) is 26.2. The summed E-state index contributed by atoms with van der Waals surface area (Å²) in [6.07, 6.45) is -0.843. The van der Waals surface area contributed by atoms with E-state index in [4.69, 9.17) is 9.47 Å². The van der Waals surface area contributed by atoms with Gasteiger partial charge in [0.1, 0.15) is 12.6 Å². The second-order valence-corrected chi connectivity index (χ2v) is 8.18. The van der Waals surface area contributed by atoms with Gasteiger partial charge in [0.05, 0.1) is 12.7 Å². The minimum atomic E-state index is -0.916. The van der Waals surface area contributed by atoms with Gasteiger partial charge in [-0.05, 0) is 56.7 Å². The summed E-state index contributed by atoms with van der Waals surface area (Å²) in [7, 11) is 0. The first-order valence-electron chi connectivity index (χ1n) is 11.5. The lowest BCUT2D eigenvalue weighted by molar-refractivity contribution is -0.145. The first-order valence-corrected chi connectivity index (χ1v) is 11.5. The number of nitrogens with one attached hydrogen (secondary N) is 4. The molecule has 3 amide bonds. The second kappa shape index (κ2) is 12.3. The normalized spacial score (nSPS) is 13.3. The highest BCUT2D eigenvalue weighted by atomic mass is 16.6. The van der Waals surface area contributed by atoms with E-state index in [1.165, 1.54) is 0 Å². The summed E-state index contributed by atoms with van der Waals surface area (Å²) in [4.78, 5) is 52.3. The number of aliphatic imine (C=N–C) groups is 1. The number of benzene rings is 2. The van der Waals surface area contributed by atoms with Gasteiger partial charge in [0.25, 0.3) is 5.91 Å². The standard InChI is InChI=1S/C25H29N5O6/c1-4-35-23(33)20(29-25(34)36-15(2)3)12-16-8-10-18(11-9-16)27-22(32)17-6-5-7-19(13-17)28-24-26-14-21(31)30-24/h5-11,13,15,20H,4,12,14H2,1-3H3,(H,27,32)(H,29,34)(H2,26,28,30,31). The van der Waals surface area contributed by atoms with Gasteiger partial charge in [0.15, 0.2) is 0 Å². The molecule has 11 heteroatoms. The molecule has 1 unspecified atom stereocenters. The van der Waals surface area contributed by atoms with Crippen LogP contribution < -0.4 is 21.3 Å². The molecule has 0 saturated carbocycles. The fraction of sp³-hybridized carbons (Fsp3) is 0.320. The maximum Gasteiger partial charge on any atom is 0.408 e. The van der Waals surface area contributed by atoms with Crippen molar-refractivity contribution in [3.05, 3.63) is 59.7 Å². The summed E-state index contributed by atoms with van der Waals surface area (Å²) in [6.45, 7) is 5.36. The van der Waals surface area contributed by atoms with Crippen LogP contribution in [0.2, 0.25) is 0 Å². The van der Waals surface area contributed by atoms with Crippen LogP contribution in [0.3, 0.4) is 0 Å². The van der Waals surface area contributed by atoms with E-state index >= 15 is 0 Å². The quantitative estimate of drug-likeness (QED) is 0.391. The lowest BCUT2D eigenvalue weighted by Crippen LogP contribution is -2.44. The fourth-order valence-electron chi connectivity index (χ4n) is 3.30. The molecule has 0 aromatic heterocycles. The predicted molar refractivity (Wildman–Crippen MR) is 134 cm³/mol. The topological polar surface area (TPSA) is 147 Å². The van der Waals surface area contributed by atoms with Crippen molar-refractivity contribution in [2.75, 3.05) is 23.8 Å². The number of ether oxygens (including phenoxy) is 2. The molecule has 0 aliphatic carbocycles. The third-order valence-electron chi connectivity index (χ3n) is 4.88. The van der Waals surface area contributed by atoms with Crippen molar-refractivity contribution in [1.29, 1.82) is 0 Å². The molecule has 1 aliphatic heterocycles. The Labute approximate surface area is 208 Å². The molecule has 36 heavy (non-hydrogen) atoms. The summed E-state index contributed by atoms with van der Waals surface area (Å²) >= 11 is 0. The zero-order chi connectivity index (χ0) is 26.1. The highest BCUT2D eigenvalue weighted by Gasteiger charge is 2.24. The number of rotatable bonds is 9. The van der Waals surface area contributed by atoms with Crippen LogP contribution in [0.25, 0.3) is 0 Å². The highest BCUT2D eigenvalue weighted by Crippen LogP contribution is 2.16. The molecule has 0 bridgehead atoms. The van der Waals surface area contributed by atoms with Gasteiger partial charge in [0.2, 0.25) is 11.9 Å². The van der Waals surface area contributed by atoms with Crippen LogP contribution in [0.15, 0.2) is 53.5 Å². The number of carbonyl (C=O) groups is 4. The smallest absolute Gasteiger partial charge is 0.408 e. The van der Waals surface area contributed by atoms with Crippen molar-refractivity contribution in [1.82, 2.24) is 10.6 Å². The van der Waals surface area contributed by atoms with Crippen LogP contribution in [0.4, 0.5) is 16.2 Å². The summed E-state index contributed by atoms with van der Waals surface area (Å²) in [6, 6.07) is 12.7. The lowest BCUT2D eigenvalue weighted by atomic mass is 10.1. The minimum absolute atomic E-state index is 0.0666. The van der Waals surface area contributed by atoms with E-state index in [-0.39, 0.29) is 37.5 Å². The Bertz CT molecular complexity index is 1150. The Morgan fingerprint density at radius 2 is 1.83 bits per heavy atom. The van der Waals surface area contributed by atoms with Gasteiger partial charge in [-0.3, -0.25) is 14.9 Å². The molecule has 2 aromatic carbocycles. The van der Waals surface area contributed by atoms with Gasteiger partial charge in [0, 0.05) is 23.4 Å². The highest BCUT2D eigenvalue weighted by molar-refractivity contribution is 6.10. The summed E-state index contributed by atoms with van der Waals surface area (Å²) in [5.74, 6) is -0.755. The number of anilines is 2. The fourth-order valence-corrected chi connectivity index (χ4v) is 3.30. The number of guanidine groups is 1. The largest absolute Gasteiger partial charge is 0.464 e. The van der Waals surface area contributed by atoms with E-state index in [2.05, 4.69) is 26.3 Å². The molecule has 1 atom stereocenters. The van der Waals surface area contributed by atoms with Crippen molar-refractivity contribution in [3.63, 3.8) is 0 Å². The zero-order valence-electron chi connectivity index (χ0n) is 20.3. The van der Waals surface area contributed by atoms with E-state index in [0.717, 1.165) is 5.56 Å². The average Bonchev–Trinajstić information content (AvgIpc) is 3.24. The molecule has 0 saturated heterocycles. The molecule has 0 spiro atoms. The van der Waals surface area contributed by atoms with Gasteiger partial charge < -0.3 is 25.4 Å². The van der Waals surface area contributed by atoms with E-state index in [1.807, 2.05) is 0 Å². The minimum Gasteiger partial charge on any atom is -0.464 e. The molecule has 0 radical (unpaired) electrons. The van der Waals surface area contributed by atoms with Crippen LogP contribution in [-0.2, 0) is 25.5 Å². The number of hydrogen-bond acceptors (Lipinski definition) is 8. The van der Waals surface area contributed by atoms with E-state index < -0.39 is 18.1 Å². The molecule has 11 nitrogen and oxygen atoms in total. The van der Waals surface area contributed by atoms with Crippen LogP contribution in [0.1, 0.15) is 36.7 Å². The third-order valence-corrected chi connectivity index (χ3v) is 4.88. The second-order valence-electron chi connectivity index (χ2n) is 8.18. The van der Waals surface area contributed by atoms with Crippen molar-refractivity contribution < 1.29 is 28.7 Å². The number of carbonyl (C=O) groups excluding carboxylic acids is 4. The molecule has 1 heterocycles. The average molecular weight is 496 g/mol. The number of amides is 3. The van der Waals surface area contributed by atoms with Crippen molar-refractivity contribution >= 4 is 41.2 Å². The number of nitrogens with zero attached hydrogens (tertiary/aromatic N) is 1. The third kappa shape index (κ3) is 7.83. The Balaban J connectivity index is 1.61. The summed E-state index contributed by atoms with van der Waals surface area (Å²) in [5, 5.41) is 10.9. The van der Waals surface area contributed by atoms with Crippen molar-refractivity contribution in [2.45, 2.75) is 39.3 Å². The Kier molecular flexibility index (Phi) is 8.98. The zero-order valence-corrected chi connectivity index (χ0v) is 20.3. The van der Waals surface area contributed by atoms with E-state index in [9.17, 15) is 19.2 Å². The van der Waals surface area contributed by atoms with E-state index in [1.54, 1.807) is 69.3 Å². The summed E-state index contributed by atoms with van der Waals surface area (Å²) in [5.41, 5.74) is 2.31. The molecule has 0 fully saturated rings. The van der Waals surface area contributed by atoms with Gasteiger partial charge in [-0.1, -0.05) is 18.2 Å². The Morgan fingerprint density at radius 1 is 1.08 bits per heavy atom. The lowest BCUT2D eigenvalue weighted by Gasteiger charge is -2.18. The van der Waals surface area contributed by atoms with Gasteiger partial charge >= 0.3 is 12.1 Å². The van der Waals surface area contributed by atoms with Crippen LogP contribution >= 0.6 is 0 Å². The molecule has 1 aliphatic rings. The number of esters is 1. The van der Waals surface area contributed by atoms with Crippen LogP contribution in [0.5, 0.6) is 0 Å². The monoisotopic (exact) mass is 495 g/mol. The van der Waals surface area contributed by atoms with Gasteiger partial charge in [-0.15, -0.1) is 0 Å². The maximum absolute atomic E-state index is 12.7. The van der Waals surface area contributed by atoms with Crippen LogP contribution in [-0.4, -0.2) is 55.1 Å². The summed E-state index contributed by atoms with van der Waals surface area (Å²) < 4.78 is 10.1. The molecule has 190 valence electrons. The number of hydrogen-bond donors (Lipinski definition) is 4. The first-order chi connectivity index (χ1) is 17.2. The van der Waals surface area contributed by atoms with Gasteiger partial charge in [-0.2, -0.15) is 0 Å². The molecular weight excluding hydrogens is 466 g/mol. The van der Waals surface area contributed by atoms with Gasteiger partial charge in [-0.25, -0.2) is 14.6 Å².